The van der Waals surface area contributed by atoms with Crippen LogP contribution in [0.5, 0.6) is 5.75 Å². The fourth-order valence-electron chi connectivity index (χ4n) is 1.44. The Bertz CT molecular complexity index is 427. The van der Waals surface area contributed by atoms with Crippen LogP contribution in [0.2, 0.25) is 0 Å². The zero-order valence-corrected chi connectivity index (χ0v) is 11.1. The van der Waals surface area contributed by atoms with E-state index in [0.717, 1.165) is 24.3 Å². The Labute approximate surface area is 109 Å². The first-order chi connectivity index (χ1) is 8.61. The van der Waals surface area contributed by atoms with Gasteiger partial charge in [0.15, 0.2) is 5.96 Å². The van der Waals surface area contributed by atoms with Gasteiger partial charge in [0, 0.05) is 6.54 Å². The number of nitrogens with two attached hydrogens (primary N) is 1. The molecule has 0 radical (unpaired) electrons. The quantitative estimate of drug-likeness (QED) is 0.457. The van der Waals surface area contributed by atoms with Crippen molar-refractivity contribution in [1.29, 1.82) is 0 Å². The molecule has 0 bridgehead atoms. The summed E-state index contributed by atoms with van der Waals surface area (Å²) in [5, 5.41) is 3.07. The van der Waals surface area contributed by atoms with Gasteiger partial charge in [0.05, 0.1) is 13.7 Å². The van der Waals surface area contributed by atoms with Crippen molar-refractivity contribution in [3.8, 4) is 5.75 Å². The van der Waals surface area contributed by atoms with Crippen LogP contribution in [0.4, 0.5) is 0 Å². The Morgan fingerprint density at radius 1 is 1.50 bits per heavy atom. The third kappa shape index (κ3) is 5.39. The first-order valence-electron chi connectivity index (χ1n) is 5.93. The first-order valence-corrected chi connectivity index (χ1v) is 5.93. The second kappa shape index (κ2) is 7.37. The molecule has 4 heteroatoms. The van der Waals surface area contributed by atoms with Crippen LogP contribution in [-0.4, -0.2) is 26.2 Å². The molecule has 1 aromatic carbocycles. The molecule has 0 unspecified atom stereocenters. The van der Waals surface area contributed by atoms with Crippen LogP contribution in [0, 0.1) is 0 Å². The van der Waals surface area contributed by atoms with Crippen LogP contribution in [-0.2, 0) is 6.42 Å². The van der Waals surface area contributed by atoms with Crippen molar-refractivity contribution in [3.05, 3.63) is 42.0 Å². The fraction of sp³-hybridized carbons (Fsp3) is 0.357. The maximum atomic E-state index is 5.72. The predicted molar refractivity (Wildman–Crippen MR) is 76.0 cm³/mol. The summed E-state index contributed by atoms with van der Waals surface area (Å²) in [5.41, 5.74) is 7.91. The van der Waals surface area contributed by atoms with Gasteiger partial charge in [0.1, 0.15) is 5.75 Å². The molecule has 4 nitrogen and oxygen atoms in total. The van der Waals surface area contributed by atoms with Crippen molar-refractivity contribution >= 4 is 5.96 Å². The first kappa shape index (κ1) is 14.1. The Kier molecular flexibility index (Phi) is 5.77. The summed E-state index contributed by atoms with van der Waals surface area (Å²) in [7, 11) is 1.67. The number of guanidine groups is 1. The zero-order chi connectivity index (χ0) is 13.4. The van der Waals surface area contributed by atoms with Gasteiger partial charge in [0.2, 0.25) is 0 Å². The van der Waals surface area contributed by atoms with E-state index in [1.807, 2.05) is 25.1 Å². The van der Waals surface area contributed by atoms with E-state index in [1.54, 1.807) is 7.11 Å². The summed E-state index contributed by atoms with van der Waals surface area (Å²) < 4.78 is 5.17. The van der Waals surface area contributed by atoms with Crippen LogP contribution >= 0.6 is 0 Å². The molecule has 98 valence electrons. The zero-order valence-electron chi connectivity index (χ0n) is 11.1. The van der Waals surface area contributed by atoms with Crippen LogP contribution < -0.4 is 15.8 Å². The van der Waals surface area contributed by atoms with Gasteiger partial charge in [-0.2, -0.15) is 0 Å². The Balaban J connectivity index is 2.36. The summed E-state index contributed by atoms with van der Waals surface area (Å²) in [6.45, 7) is 7.01. The van der Waals surface area contributed by atoms with Gasteiger partial charge in [0.25, 0.3) is 0 Å². The molecule has 0 aliphatic heterocycles. The lowest BCUT2D eigenvalue weighted by molar-refractivity contribution is 0.414. The van der Waals surface area contributed by atoms with Gasteiger partial charge in [-0.25, -0.2) is 4.99 Å². The molecule has 0 amide bonds. The number of nitrogens with zero attached hydrogens (tertiary/aromatic N) is 1. The average Bonchev–Trinajstić information content (AvgIpc) is 2.36. The third-order valence-corrected chi connectivity index (χ3v) is 2.37. The predicted octanol–water partition coefficient (Wildman–Crippen LogP) is 1.72. The second-order valence-corrected chi connectivity index (χ2v) is 4.19. The molecule has 18 heavy (non-hydrogen) atoms. The highest BCUT2D eigenvalue weighted by molar-refractivity contribution is 5.77. The van der Waals surface area contributed by atoms with Gasteiger partial charge in [-0.15, -0.1) is 0 Å². The molecular formula is C14H21N3O. The molecule has 0 spiro atoms. The molecule has 0 heterocycles. The smallest absolute Gasteiger partial charge is 0.188 e. The minimum Gasteiger partial charge on any atom is -0.497 e. The lowest BCUT2D eigenvalue weighted by atomic mass is 10.1. The molecule has 0 aromatic heterocycles. The van der Waals surface area contributed by atoms with Crippen LogP contribution in [0.15, 0.2) is 41.4 Å². The number of hydrogen-bond donors (Lipinski definition) is 2. The Hall–Kier alpha value is -1.97. The highest BCUT2D eigenvalue weighted by Crippen LogP contribution is 2.12. The summed E-state index contributed by atoms with van der Waals surface area (Å²) in [6.07, 6.45) is 0.875. The number of ether oxygens (including phenoxy) is 1. The topological polar surface area (TPSA) is 59.6 Å². The third-order valence-electron chi connectivity index (χ3n) is 2.37. The lowest BCUT2D eigenvalue weighted by Crippen LogP contribution is -2.33. The Morgan fingerprint density at radius 3 is 2.94 bits per heavy atom. The van der Waals surface area contributed by atoms with Gasteiger partial charge >= 0.3 is 0 Å². The summed E-state index contributed by atoms with van der Waals surface area (Å²) in [5.74, 6) is 1.33. The number of methoxy groups -OCH3 is 1. The van der Waals surface area contributed by atoms with E-state index in [9.17, 15) is 0 Å². The molecular weight excluding hydrogens is 226 g/mol. The van der Waals surface area contributed by atoms with Gasteiger partial charge in [-0.05, 0) is 31.0 Å². The van der Waals surface area contributed by atoms with Crippen molar-refractivity contribution in [3.63, 3.8) is 0 Å². The maximum absolute atomic E-state index is 5.72. The van der Waals surface area contributed by atoms with Crippen molar-refractivity contribution in [2.75, 3.05) is 20.2 Å². The summed E-state index contributed by atoms with van der Waals surface area (Å²) >= 11 is 0. The molecule has 0 aliphatic carbocycles. The summed E-state index contributed by atoms with van der Waals surface area (Å²) in [4.78, 5) is 4.15. The number of aliphatic imine (C=N–C) groups is 1. The average molecular weight is 247 g/mol. The minimum atomic E-state index is 0.459. The normalized spacial score (nSPS) is 11.1. The van der Waals surface area contributed by atoms with Crippen LogP contribution in [0.25, 0.3) is 0 Å². The van der Waals surface area contributed by atoms with Crippen LogP contribution in [0.1, 0.15) is 12.5 Å². The minimum absolute atomic E-state index is 0.459. The van der Waals surface area contributed by atoms with E-state index in [4.69, 9.17) is 10.5 Å². The highest BCUT2D eigenvalue weighted by atomic mass is 16.5. The molecule has 3 N–H and O–H groups in total. The fourth-order valence-corrected chi connectivity index (χ4v) is 1.44. The van der Waals surface area contributed by atoms with E-state index < -0.39 is 0 Å². The number of nitrogens with one attached hydrogen (secondary N) is 1. The van der Waals surface area contributed by atoms with Gasteiger partial charge in [-0.3, -0.25) is 0 Å². The summed E-state index contributed by atoms with van der Waals surface area (Å²) in [6, 6.07) is 7.99. The van der Waals surface area contributed by atoms with E-state index >= 15 is 0 Å². The lowest BCUT2D eigenvalue weighted by Gasteiger charge is -2.07. The van der Waals surface area contributed by atoms with E-state index in [-0.39, 0.29) is 0 Å². The van der Waals surface area contributed by atoms with Gasteiger partial charge in [-0.1, -0.05) is 24.3 Å². The molecule has 0 atom stereocenters. The van der Waals surface area contributed by atoms with Crippen LogP contribution in [0.3, 0.4) is 0 Å². The molecule has 0 fully saturated rings. The maximum Gasteiger partial charge on any atom is 0.188 e. The van der Waals surface area contributed by atoms with Crippen molar-refractivity contribution in [2.24, 2.45) is 10.7 Å². The molecule has 1 rings (SSSR count). The molecule has 0 aliphatic rings. The molecule has 0 saturated heterocycles. The van der Waals surface area contributed by atoms with Crippen molar-refractivity contribution in [2.45, 2.75) is 13.3 Å². The largest absolute Gasteiger partial charge is 0.497 e. The van der Waals surface area contributed by atoms with E-state index in [2.05, 4.69) is 23.0 Å². The number of benzene rings is 1. The standard InChI is InChI=1S/C14H21N3O/c1-11(2)10-17-14(15)16-8-7-12-5-4-6-13(9-12)18-3/h4-6,9H,1,7-8,10H2,2-3H3,(H3,15,16,17). The second-order valence-electron chi connectivity index (χ2n) is 4.19. The van der Waals surface area contributed by atoms with Crippen molar-refractivity contribution < 1.29 is 4.74 Å². The molecule has 1 aromatic rings. The highest BCUT2D eigenvalue weighted by Gasteiger charge is 1.96. The number of hydrogen-bond acceptors (Lipinski definition) is 2. The Morgan fingerprint density at radius 2 is 2.28 bits per heavy atom. The van der Waals surface area contributed by atoms with Crippen molar-refractivity contribution in [1.82, 2.24) is 5.32 Å². The number of rotatable bonds is 6. The van der Waals surface area contributed by atoms with E-state index in [0.29, 0.717) is 12.5 Å². The monoisotopic (exact) mass is 247 g/mol. The SMILES string of the molecule is C=C(C)CN=C(N)NCCc1cccc(OC)c1. The van der Waals surface area contributed by atoms with Gasteiger partial charge < -0.3 is 15.8 Å². The van der Waals surface area contributed by atoms with E-state index in [1.165, 1.54) is 5.56 Å². The molecule has 0 saturated carbocycles.